The predicted octanol–water partition coefficient (Wildman–Crippen LogP) is 1.53. The summed E-state index contributed by atoms with van der Waals surface area (Å²) in [7, 11) is 0. The Hall–Kier alpha value is -2.04. The van der Waals surface area contributed by atoms with E-state index in [1.165, 1.54) is 12.3 Å². The molecule has 1 N–H and O–H groups in total. The average Bonchev–Trinajstić information content (AvgIpc) is 2.77. The molecule has 0 saturated heterocycles. The lowest BCUT2D eigenvalue weighted by molar-refractivity contribution is 0.0694. The number of furan rings is 1. The van der Waals surface area contributed by atoms with Gasteiger partial charge in [0.1, 0.15) is 17.9 Å². The molecule has 0 unspecified atom stereocenters. The maximum absolute atomic E-state index is 10.8. The van der Waals surface area contributed by atoms with Crippen molar-refractivity contribution < 1.29 is 14.3 Å². The van der Waals surface area contributed by atoms with Gasteiger partial charge < -0.3 is 9.52 Å². The molecule has 0 aliphatic carbocycles. The maximum Gasteiger partial charge on any atom is 0.339 e. The number of aromatic nitrogens is 2. The van der Waals surface area contributed by atoms with Crippen molar-refractivity contribution in [3.63, 3.8) is 0 Å². The van der Waals surface area contributed by atoms with Gasteiger partial charge in [-0.25, -0.2) is 4.79 Å². The van der Waals surface area contributed by atoms with E-state index in [0.29, 0.717) is 12.3 Å². The molecule has 15 heavy (non-hydrogen) atoms. The Balaban J connectivity index is 2.28. The summed E-state index contributed by atoms with van der Waals surface area (Å²) in [6.45, 7) is 2.24. The van der Waals surface area contributed by atoms with Crippen molar-refractivity contribution in [1.29, 1.82) is 0 Å². The lowest BCUT2D eigenvalue weighted by Gasteiger charge is -2.02. The van der Waals surface area contributed by atoms with E-state index < -0.39 is 5.97 Å². The van der Waals surface area contributed by atoms with Gasteiger partial charge in [-0.15, -0.1) is 0 Å². The normalized spacial score (nSPS) is 10.5. The zero-order valence-corrected chi connectivity index (χ0v) is 8.17. The molecule has 0 spiro atoms. The second kappa shape index (κ2) is 3.61. The molecule has 2 rings (SSSR count). The van der Waals surface area contributed by atoms with Gasteiger partial charge in [0.05, 0.1) is 6.26 Å². The smallest absolute Gasteiger partial charge is 0.339 e. The van der Waals surface area contributed by atoms with Gasteiger partial charge in [-0.3, -0.25) is 4.68 Å². The molecule has 0 aromatic carbocycles. The van der Waals surface area contributed by atoms with Crippen molar-refractivity contribution in [3.05, 3.63) is 41.6 Å². The number of carbonyl (C=O) groups is 1. The van der Waals surface area contributed by atoms with Crippen LogP contribution < -0.4 is 0 Å². The highest BCUT2D eigenvalue weighted by Crippen LogP contribution is 2.12. The van der Waals surface area contributed by atoms with Crippen molar-refractivity contribution in [2.75, 3.05) is 0 Å². The van der Waals surface area contributed by atoms with E-state index in [-0.39, 0.29) is 5.56 Å². The van der Waals surface area contributed by atoms with Crippen LogP contribution in [-0.2, 0) is 6.54 Å². The fraction of sp³-hybridized carbons (Fsp3) is 0.200. The highest BCUT2D eigenvalue weighted by atomic mass is 16.4. The number of hydrogen-bond acceptors (Lipinski definition) is 3. The van der Waals surface area contributed by atoms with Gasteiger partial charge in [0.15, 0.2) is 0 Å². The van der Waals surface area contributed by atoms with Gasteiger partial charge in [0, 0.05) is 11.9 Å². The molecule has 5 heteroatoms. The average molecular weight is 206 g/mol. The SMILES string of the molecule is Cc1ccnn1Cc1occc1C(=O)O. The van der Waals surface area contributed by atoms with Gasteiger partial charge in [0.25, 0.3) is 0 Å². The van der Waals surface area contributed by atoms with Gasteiger partial charge in [-0.05, 0) is 19.1 Å². The largest absolute Gasteiger partial charge is 0.478 e. The molecule has 78 valence electrons. The Kier molecular flexibility index (Phi) is 2.29. The fourth-order valence-corrected chi connectivity index (χ4v) is 1.35. The zero-order chi connectivity index (χ0) is 10.8. The summed E-state index contributed by atoms with van der Waals surface area (Å²) in [5.41, 5.74) is 1.15. The van der Waals surface area contributed by atoms with Crippen LogP contribution >= 0.6 is 0 Å². The molecule has 0 atom stereocenters. The van der Waals surface area contributed by atoms with Crippen LogP contribution in [0.25, 0.3) is 0 Å². The summed E-state index contributed by atoms with van der Waals surface area (Å²) in [6.07, 6.45) is 3.04. The summed E-state index contributed by atoms with van der Waals surface area (Å²) in [5.74, 6) is -0.571. The lowest BCUT2D eigenvalue weighted by Crippen LogP contribution is -2.07. The van der Waals surface area contributed by atoms with Crippen LogP contribution in [0.4, 0.5) is 0 Å². The molecular formula is C10H10N2O3. The zero-order valence-electron chi connectivity index (χ0n) is 8.17. The third-order valence-electron chi connectivity index (χ3n) is 2.20. The monoisotopic (exact) mass is 206 g/mol. The van der Waals surface area contributed by atoms with E-state index in [0.717, 1.165) is 5.69 Å². The fourth-order valence-electron chi connectivity index (χ4n) is 1.35. The van der Waals surface area contributed by atoms with Crippen LogP contribution in [0.2, 0.25) is 0 Å². The van der Waals surface area contributed by atoms with Crippen molar-refractivity contribution >= 4 is 5.97 Å². The highest BCUT2D eigenvalue weighted by molar-refractivity contribution is 5.88. The molecule has 0 aliphatic heterocycles. The van der Waals surface area contributed by atoms with Gasteiger partial charge in [0.2, 0.25) is 0 Å². The summed E-state index contributed by atoms with van der Waals surface area (Å²) in [5, 5.41) is 12.9. The molecule has 0 aliphatic rings. The quantitative estimate of drug-likeness (QED) is 0.826. The molecular weight excluding hydrogens is 196 g/mol. The summed E-state index contributed by atoms with van der Waals surface area (Å²) in [4.78, 5) is 10.8. The van der Waals surface area contributed by atoms with Crippen molar-refractivity contribution in [1.82, 2.24) is 9.78 Å². The molecule has 0 amide bonds. The Bertz CT molecular complexity index is 484. The number of aryl methyl sites for hydroxylation is 1. The summed E-state index contributed by atoms with van der Waals surface area (Å²) < 4.78 is 6.80. The van der Waals surface area contributed by atoms with E-state index in [1.807, 2.05) is 13.0 Å². The molecule has 0 fully saturated rings. The van der Waals surface area contributed by atoms with E-state index >= 15 is 0 Å². The van der Waals surface area contributed by atoms with E-state index in [2.05, 4.69) is 5.10 Å². The molecule has 5 nitrogen and oxygen atoms in total. The first-order chi connectivity index (χ1) is 7.18. The molecule has 2 aromatic heterocycles. The topological polar surface area (TPSA) is 68.3 Å². The van der Waals surface area contributed by atoms with E-state index in [4.69, 9.17) is 9.52 Å². The van der Waals surface area contributed by atoms with Gasteiger partial charge >= 0.3 is 5.97 Å². The number of rotatable bonds is 3. The summed E-state index contributed by atoms with van der Waals surface area (Å²) >= 11 is 0. The minimum atomic E-state index is -0.983. The Labute approximate surface area is 85.9 Å². The Morgan fingerprint density at radius 1 is 1.60 bits per heavy atom. The number of hydrogen-bond donors (Lipinski definition) is 1. The van der Waals surface area contributed by atoms with Crippen LogP contribution in [0.5, 0.6) is 0 Å². The number of carboxylic acid groups (broad SMARTS) is 1. The maximum atomic E-state index is 10.8. The second-order valence-corrected chi connectivity index (χ2v) is 3.19. The standard InChI is InChI=1S/C10H10N2O3/c1-7-2-4-11-12(7)6-9-8(10(13)14)3-5-15-9/h2-5H,6H2,1H3,(H,13,14). The molecule has 0 saturated carbocycles. The second-order valence-electron chi connectivity index (χ2n) is 3.19. The number of carboxylic acids is 1. The Morgan fingerprint density at radius 3 is 3.00 bits per heavy atom. The summed E-state index contributed by atoms with van der Waals surface area (Å²) in [6, 6.07) is 3.29. The third kappa shape index (κ3) is 1.76. The van der Waals surface area contributed by atoms with E-state index in [9.17, 15) is 4.79 Å². The van der Waals surface area contributed by atoms with Crippen molar-refractivity contribution in [3.8, 4) is 0 Å². The van der Waals surface area contributed by atoms with E-state index in [1.54, 1.807) is 10.9 Å². The van der Waals surface area contributed by atoms with Crippen molar-refractivity contribution in [2.45, 2.75) is 13.5 Å². The van der Waals surface area contributed by atoms with Gasteiger partial charge in [-0.2, -0.15) is 5.10 Å². The predicted molar refractivity (Wildman–Crippen MR) is 51.7 cm³/mol. The number of aromatic carboxylic acids is 1. The van der Waals surface area contributed by atoms with Gasteiger partial charge in [-0.1, -0.05) is 0 Å². The van der Waals surface area contributed by atoms with Crippen LogP contribution in [0, 0.1) is 6.92 Å². The van der Waals surface area contributed by atoms with Crippen LogP contribution in [0.1, 0.15) is 21.8 Å². The minimum Gasteiger partial charge on any atom is -0.478 e. The molecule has 0 radical (unpaired) electrons. The first-order valence-corrected chi connectivity index (χ1v) is 4.46. The molecule has 2 aromatic rings. The first kappa shape index (κ1) is 9.51. The van der Waals surface area contributed by atoms with Crippen LogP contribution in [0.15, 0.2) is 29.0 Å². The van der Waals surface area contributed by atoms with Crippen molar-refractivity contribution in [2.24, 2.45) is 0 Å². The lowest BCUT2D eigenvalue weighted by atomic mass is 10.2. The highest BCUT2D eigenvalue weighted by Gasteiger charge is 2.14. The first-order valence-electron chi connectivity index (χ1n) is 4.46. The molecule has 0 bridgehead atoms. The van der Waals surface area contributed by atoms with Crippen LogP contribution in [-0.4, -0.2) is 20.9 Å². The third-order valence-corrected chi connectivity index (χ3v) is 2.20. The number of nitrogens with zero attached hydrogens (tertiary/aromatic N) is 2. The van der Waals surface area contributed by atoms with Crippen LogP contribution in [0.3, 0.4) is 0 Å². The minimum absolute atomic E-state index is 0.185. The Morgan fingerprint density at radius 2 is 2.40 bits per heavy atom. The molecule has 2 heterocycles.